The van der Waals surface area contributed by atoms with Crippen LogP contribution < -0.4 is 5.32 Å². The molecule has 92 valence electrons. The van der Waals surface area contributed by atoms with E-state index in [1.54, 1.807) is 0 Å². The molecule has 4 nitrogen and oxygen atoms in total. The van der Waals surface area contributed by atoms with Crippen molar-refractivity contribution in [2.24, 2.45) is 0 Å². The van der Waals surface area contributed by atoms with Crippen LogP contribution in [-0.2, 0) is 0 Å². The summed E-state index contributed by atoms with van der Waals surface area (Å²) >= 11 is 0. The van der Waals surface area contributed by atoms with Gasteiger partial charge < -0.3 is 15.3 Å². The minimum atomic E-state index is -0.828. The molecule has 4 heteroatoms. The molecule has 0 saturated carbocycles. The molecule has 1 saturated heterocycles. The number of hydrogen-bond acceptors (Lipinski definition) is 2. The Morgan fingerprint density at radius 2 is 2.24 bits per heavy atom. The van der Waals surface area contributed by atoms with Crippen molar-refractivity contribution in [3.8, 4) is 0 Å². The minimum absolute atomic E-state index is 0.260. The number of nitrogens with zero attached hydrogens (tertiary/aromatic N) is 1. The Morgan fingerprint density at radius 3 is 2.82 bits per heavy atom. The van der Waals surface area contributed by atoms with Crippen molar-refractivity contribution in [3.05, 3.63) is 35.4 Å². The van der Waals surface area contributed by atoms with E-state index in [0.717, 1.165) is 0 Å². The molecule has 17 heavy (non-hydrogen) atoms. The Morgan fingerprint density at radius 1 is 1.53 bits per heavy atom. The summed E-state index contributed by atoms with van der Waals surface area (Å²) in [5, 5.41) is 12.2. The SMILES string of the molecule is Cc1cccc(C(C)NC2CN(C(=O)O)C2)c1. The second kappa shape index (κ2) is 4.75. The van der Waals surface area contributed by atoms with E-state index in [4.69, 9.17) is 5.11 Å². The molecule has 0 aliphatic carbocycles. The maximum absolute atomic E-state index is 10.6. The number of hydrogen-bond donors (Lipinski definition) is 2. The van der Waals surface area contributed by atoms with Gasteiger partial charge in [-0.15, -0.1) is 0 Å². The van der Waals surface area contributed by atoms with E-state index in [9.17, 15) is 4.79 Å². The highest BCUT2D eigenvalue weighted by Gasteiger charge is 2.31. The summed E-state index contributed by atoms with van der Waals surface area (Å²) < 4.78 is 0. The molecule has 1 atom stereocenters. The van der Waals surface area contributed by atoms with Gasteiger partial charge in [0.05, 0.1) is 0 Å². The van der Waals surface area contributed by atoms with Gasteiger partial charge in [0.25, 0.3) is 0 Å². The average Bonchev–Trinajstić information content (AvgIpc) is 2.21. The van der Waals surface area contributed by atoms with Crippen LogP contribution in [0, 0.1) is 6.92 Å². The van der Waals surface area contributed by atoms with Gasteiger partial charge >= 0.3 is 6.09 Å². The van der Waals surface area contributed by atoms with Gasteiger partial charge in [-0.05, 0) is 19.4 Å². The van der Waals surface area contributed by atoms with Crippen molar-refractivity contribution in [2.75, 3.05) is 13.1 Å². The normalized spacial score (nSPS) is 17.6. The molecular weight excluding hydrogens is 216 g/mol. The topological polar surface area (TPSA) is 52.6 Å². The number of carbonyl (C=O) groups is 1. The highest BCUT2D eigenvalue weighted by Crippen LogP contribution is 2.17. The first-order valence-corrected chi connectivity index (χ1v) is 5.87. The molecule has 1 aromatic rings. The number of likely N-dealkylation sites (tertiary alicyclic amines) is 1. The first kappa shape index (κ1) is 11.9. The maximum Gasteiger partial charge on any atom is 0.407 e. The Hall–Kier alpha value is -1.55. The Balaban J connectivity index is 1.86. The molecule has 2 N–H and O–H groups in total. The van der Waals surface area contributed by atoms with Crippen molar-refractivity contribution in [1.29, 1.82) is 0 Å². The first-order chi connectivity index (χ1) is 8.06. The zero-order valence-electron chi connectivity index (χ0n) is 10.2. The molecule has 1 fully saturated rings. The van der Waals surface area contributed by atoms with Gasteiger partial charge in [-0.2, -0.15) is 0 Å². The van der Waals surface area contributed by atoms with E-state index in [-0.39, 0.29) is 12.1 Å². The quantitative estimate of drug-likeness (QED) is 0.841. The zero-order chi connectivity index (χ0) is 12.4. The fraction of sp³-hybridized carbons (Fsp3) is 0.462. The number of rotatable bonds is 3. The first-order valence-electron chi connectivity index (χ1n) is 5.87. The third kappa shape index (κ3) is 2.77. The van der Waals surface area contributed by atoms with Crippen molar-refractivity contribution in [3.63, 3.8) is 0 Å². The molecule has 0 aromatic heterocycles. The van der Waals surface area contributed by atoms with Gasteiger partial charge in [0.2, 0.25) is 0 Å². The highest BCUT2D eigenvalue weighted by molar-refractivity contribution is 5.66. The average molecular weight is 234 g/mol. The Labute approximate surface area is 101 Å². The van der Waals surface area contributed by atoms with Crippen LogP contribution in [0.3, 0.4) is 0 Å². The molecule has 1 aromatic carbocycles. The van der Waals surface area contributed by atoms with Crippen LogP contribution in [0.2, 0.25) is 0 Å². The smallest absolute Gasteiger partial charge is 0.407 e. The molecule has 0 radical (unpaired) electrons. The van der Waals surface area contributed by atoms with E-state index in [1.165, 1.54) is 16.0 Å². The predicted molar refractivity (Wildman–Crippen MR) is 66.1 cm³/mol. The van der Waals surface area contributed by atoms with Gasteiger partial charge in [-0.3, -0.25) is 0 Å². The van der Waals surface area contributed by atoms with Gasteiger partial charge in [-0.25, -0.2) is 4.79 Å². The zero-order valence-corrected chi connectivity index (χ0v) is 10.2. The van der Waals surface area contributed by atoms with Crippen LogP contribution in [-0.4, -0.2) is 35.2 Å². The third-order valence-corrected chi connectivity index (χ3v) is 3.18. The van der Waals surface area contributed by atoms with E-state index in [2.05, 4.69) is 37.4 Å². The van der Waals surface area contributed by atoms with Crippen LogP contribution in [0.25, 0.3) is 0 Å². The molecule has 2 rings (SSSR count). The third-order valence-electron chi connectivity index (χ3n) is 3.18. The van der Waals surface area contributed by atoms with Crippen molar-refractivity contribution >= 4 is 6.09 Å². The largest absolute Gasteiger partial charge is 0.465 e. The Bertz CT molecular complexity index is 414. The standard InChI is InChI=1S/C13H18N2O2/c1-9-4-3-5-11(6-9)10(2)14-12-7-15(8-12)13(16)17/h3-6,10,12,14H,7-8H2,1-2H3,(H,16,17). The molecule has 1 heterocycles. The van der Waals surface area contributed by atoms with Crippen LogP contribution in [0.1, 0.15) is 24.1 Å². The van der Waals surface area contributed by atoms with Crippen molar-refractivity contribution in [2.45, 2.75) is 25.9 Å². The van der Waals surface area contributed by atoms with Gasteiger partial charge in [0.15, 0.2) is 0 Å². The lowest BCUT2D eigenvalue weighted by molar-refractivity contribution is 0.0926. The molecule has 1 unspecified atom stereocenters. The van der Waals surface area contributed by atoms with Gasteiger partial charge in [0, 0.05) is 25.2 Å². The van der Waals surface area contributed by atoms with E-state index < -0.39 is 6.09 Å². The van der Waals surface area contributed by atoms with Crippen LogP contribution >= 0.6 is 0 Å². The van der Waals surface area contributed by atoms with Crippen molar-refractivity contribution < 1.29 is 9.90 Å². The summed E-state index contributed by atoms with van der Waals surface area (Å²) in [5.74, 6) is 0. The van der Waals surface area contributed by atoms with Gasteiger partial charge in [0.1, 0.15) is 0 Å². The minimum Gasteiger partial charge on any atom is -0.465 e. The summed E-state index contributed by atoms with van der Waals surface area (Å²) in [6, 6.07) is 8.92. The second-order valence-corrected chi connectivity index (χ2v) is 4.69. The monoisotopic (exact) mass is 234 g/mol. The second-order valence-electron chi connectivity index (χ2n) is 4.69. The Kier molecular flexibility index (Phi) is 3.33. The van der Waals surface area contributed by atoms with E-state index in [0.29, 0.717) is 13.1 Å². The van der Waals surface area contributed by atoms with Crippen LogP contribution in [0.15, 0.2) is 24.3 Å². The fourth-order valence-electron chi connectivity index (χ4n) is 2.13. The highest BCUT2D eigenvalue weighted by atomic mass is 16.4. The molecule has 1 aliphatic rings. The molecule has 0 spiro atoms. The van der Waals surface area contributed by atoms with Crippen molar-refractivity contribution in [1.82, 2.24) is 10.2 Å². The summed E-state index contributed by atoms with van der Waals surface area (Å²) in [4.78, 5) is 12.0. The lowest BCUT2D eigenvalue weighted by Crippen LogP contribution is -2.59. The van der Waals surface area contributed by atoms with Gasteiger partial charge in [-0.1, -0.05) is 29.8 Å². The molecule has 0 bridgehead atoms. The number of nitrogens with one attached hydrogen (secondary N) is 1. The maximum atomic E-state index is 10.6. The number of benzene rings is 1. The van der Waals surface area contributed by atoms with E-state index >= 15 is 0 Å². The van der Waals surface area contributed by atoms with Crippen LogP contribution in [0.5, 0.6) is 0 Å². The summed E-state index contributed by atoms with van der Waals surface area (Å²) in [6.07, 6.45) is -0.828. The molecule has 1 aliphatic heterocycles. The summed E-state index contributed by atoms with van der Waals surface area (Å²) in [5.41, 5.74) is 2.50. The van der Waals surface area contributed by atoms with E-state index in [1.807, 2.05) is 6.07 Å². The summed E-state index contributed by atoms with van der Waals surface area (Å²) in [6.45, 7) is 5.36. The number of aryl methyl sites for hydroxylation is 1. The molecule has 1 amide bonds. The number of amides is 1. The fourth-order valence-corrected chi connectivity index (χ4v) is 2.13. The predicted octanol–water partition coefficient (Wildman–Crippen LogP) is 2.01. The summed E-state index contributed by atoms with van der Waals surface area (Å²) in [7, 11) is 0. The number of carboxylic acid groups (broad SMARTS) is 1. The molecular formula is C13H18N2O2. The lowest BCUT2D eigenvalue weighted by Gasteiger charge is -2.39. The van der Waals surface area contributed by atoms with Crippen LogP contribution in [0.4, 0.5) is 4.79 Å². The lowest BCUT2D eigenvalue weighted by atomic mass is 10.0.